The van der Waals surface area contributed by atoms with Crippen LogP contribution in [-0.2, 0) is 9.59 Å². The van der Waals surface area contributed by atoms with Crippen molar-refractivity contribution in [3.05, 3.63) is 77.4 Å². The maximum atomic E-state index is 13.6. The van der Waals surface area contributed by atoms with Gasteiger partial charge in [0.2, 0.25) is 5.88 Å². The van der Waals surface area contributed by atoms with E-state index in [0.29, 0.717) is 21.9 Å². The molecule has 0 amide bonds. The lowest BCUT2D eigenvalue weighted by molar-refractivity contribution is -0.137. The Morgan fingerprint density at radius 3 is 2.31 bits per heavy atom. The molecule has 1 aromatic heterocycles. The Bertz CT molecular complexity index is 1230. The molecule has 0 bridgehead atoms. The van der Waals surface area contributed by atoms with E-state index in [1.807, 2.05) is 0 Å². The zero-order valence-corrected chi connectivity index (χ0v) is 17.9. The summed E-state index contributed by atoms with van der Waals surface area (Å²) in [4.78, 5) is 37.3. The topological polar surface area (TPSA) is 85.6 Å². The van der Waals surface area contributed by atoms with Gasteiger partial charge in [-0.05, 0) is 43.7 Å². The van der Waals surface area contributed by atoms with E-state index >= 15 is 0 Å². The van der Waals surface area contributed by atoms with Crippen LogP contribution in [0.3, 0.4) is 0 Å². The number of hydrogen-bond acceptors (Lipinski definition) is 5. The molecule has 0 fully saturated rings. The fourth-order valence-electron chi connectivity index (χ4n) is 3.54. The average molecular weight is 437 g/mol. The predicted octanol–water partition coefficient (Wildman–Crippen LogP) is 4.19. The second kappa shape index (κ2) is 9.70. The van der Waals surface area contributed by atoms with Crippen LogP contribution >= 0.6 is 0 Å². The standard InChI is InChI=1S/C25H24FNO5/c1-4-18(28)13-19(29)14-22(30)32-25-23(16-9-11-17(26)12-10-16)20-7-5-6-8-21(20)24(31)27(25)15(2)3/h4-12,15,19,29H,1,13-14H2,2-3H3. The Kier molecular flexibility index (Phi) is 7.00. The summed E-state index contributed by atoms with van der Waals surface area (Å²) in [7, 11) is 0. The predicted molar refractivity (Wildman–Crippen MR) is 120 cm³/mol. The number of fused-ring (bicyclic) bond motifs is 1. The lowest BCUT2D eigenvalue weighted by Gasteiger charge is -2.22. The van der Waals surface area contributed by atoms with Crippen molar-refractivity contribution < 1.29 is 23.8 Å². The van der Waals surface area contributed by atoms with Crippen LogP contribution < -0.4 is 10.3 Å². The highest BCUT2D eigenvalue weighted by molar-refractivity contribution is 5.99. The maximum absolute atomic E-state index is 13.6. The lowest BCUT2D eigenvalue weighted by atomic mass is 9.99. The molecule has 0 spiro atoms. The molecular formula is C25H24FNO5. The summed E-state index contributed by atoms with van der Waals surface area (Å²) >= 11 is 0. The zero-order valence-electron chi connectivity index (χ0n) is 17.9. The van der Waals surface area contributed by atoms with Crippen molar-refractivity contribution in [1.82, 2.24) is 4.57 Å². The van der Waals surface area contributed by atoms with E-state index in [4.69, 9.17) is 4.74 Å². The summed E-state index contributed by atoms with van der Waals surface area (Å²) in [5, 5.41) is 11.0. The van der Waals surface area contributed by atoms with E-state index in [1.54, 1.807) is 50.2 Å². The number of hydrogen-bond donors (Lipinski definition) is 1. The number of esters is 1. The van der Waals surface area contributed by atoms with Crippen LogP contribution in [0.2, 0.25) is 0 Å². The van der Waals surface area contributed by atoms with Crippen LogP contribution in [0.15, 0.2) is 66.0 Å². The third-order valence-corrected chi connectivity index (χ3v) is 5.00. The molecule has 0 aliphatic heterocycles. The second-order valence-electron chi connectivity index (χ2n) is 7.71. The van der Waals surface area contributed by atoms with Gasteiger partial charge < -0.3 is 9.84 Å². The molecule has 0 saturated carbocycles. The first kappa shape index (κ1) is 23.1. The van der Waals surface area contributed by atoms with Gasteiger partial charge in [-0.2, -0.15) is 0 Å². The van der Waals surface area contributed by atoms with Crippen LogP contribution in [-0.4, -0.2) is 27.5 Å². The van der Waals surface area contributed by atoms with Crippen molar-refractivity contribution in [3.8, 4) is 17.0 Å². The van der Waals surface area contributed by atoms with Crippen molar-refractivity contribution in [2.75, 3.05) is 0 Å². The van der Waals surface area contributed by atoms with Crippen LogP contribution in [0, 0.1) is 5.82 Å². The quantitative estimate of drug-likeness (QED) is 0.422. The molecule has 7 heteroatoms. The van der Waals surface area contributed by atoms with Gasteiger partial charge in [0.25, 0.3) is 5.56 Å². The first-order valence-electron chi connectivity index (χ1n) is 10.2. The Hall–Kier alpha value is -3.58. The first-order chi connectivity index (χ1) is 15.2. The Balaban J connectivity index is 2.17. The minimum absolute atomic E-state index is 0.00237. The van der Waals surface area contributed by atoms with Gasteiger partial charge in [0.05, 0.1) is 18.1 Å². The third kappa shape index (κ3) is 4.84. The fraction of sp³-hybridized carbons (Fsp3) is 0.240. The van der Waals surface area contributed by atoms with E-state index in [-0.39, 0.29) is 23.9 Å². The monoisotopic (exact) mass is 437 g/mol. The number of rotatable bonds is 8. The van der Waals surface area contributed by atoms with Gasteiger partial charge in [0.15, 0.2) is 5.78 Å². The normalized spacial score (nSPS) is 12.0. The number of aromatic nitrogens is 1. The molecule has 3 aromatic rings. The van der Waals surface area contributed by atoms with Crippen molar-refractivity contribution in [2.24, 2.45) is 0 Å². The van der Waals surface area contributed by atoms with Crippen molar-refractivity contribution >= 4 is 22.5 Å². The second-order valence-corrected chi connectivity index (χ2v) is 7.71. The minimum atomic E-state index is -1.25. The number of nitrogens with zero attached hydrogens (tertiary/aromatic N) is 1. The Morgan fingerprint density at radius 2 is 1.72 bits per heavy atom. The summed E-state index contributed by atoms with van der Waals surface area (Å²) in [6.45, 7) is 6.89. The van der Waals surface area contributed by atoms with Crippen LogP contribution in [0.4, 0.5) is 4.39 Å². The molecule has 6 nitrogen and oxygen atoms in total. The number of allylic oxidation sites excluding steroid dienone is 1. The molecule has 1 heterocycles. The highest BCUT2D eigenvalue weighted by Crippen LogP contribution is 2.37. The van der Waals surface area contributed by atoms with Crippen LogP contribution in [0.5, 0.6) is 5.88 Å². The van der Waals surface area contributed by atoms with Crippen molar-refractivity contribution in [1.29, 1.82) is 0 Å². The smallest absolute Gasteiger partial charge is 0.315 e. The molecule has 32 heavy (non-hydrogen) atoms. The van der Waals surface area contributed by atoms with Gasteiger partial charge in [-0.15, -0.1) is 0 Å². The number of aliphatic hydroxyl groups is 1. The Labute approximate surface area is 184 Å². The molecule has 1 atom stereocenters. The molecule has 3 rings (SSSR count). The van der Waals surface area contributed by atoms with Gasteiger partial charge in [-0.25, -0.2) is 4.39 Å². The van der Waals surface area contributed by atoms with Gasteiger partial charge in [0.1, 0.15) is 5.82 Å². The minimum Gasteiger partial charge on any atom is -0.408 e. The van der Waals surface area contributed by atoms with Crippen LogP contribution in [0.1, 0.15) is 32.7 Å². The molecule has 2 aromatic carbocycles. The highest BCUT2D eigenvalue weighted by atomic mass is 19.1. The number of halogens is 1. The molecule has 0 saturated heterocycles. The molecule has 1 unspecified atom stereocenters. The van der Waals surface area contributed by atoms with Gasteiger partial charge in [-0.1, -0.05) is 36.9 Å². The van der Waals surface area contributed by atoms with Crippen molar-refractivity contribution in [2.45, 2.75) is 38.8 Å². The summed E-state index contributed by atoms with van der Waals surface area (Å²) in [5.41, 5.74) is 0.674. The van der Waals surface area contributed by atoms with E-state index in [9.17, 15) is 23.9 Å². The van der Waals surface area contributed by atoms with Crippen LogP contribution in [0.25, 0.3) is 21.9 Å². The molecule has 1 N–H and O–H groups in total. The number of benzene rings is 2. The van der Waals surface area contributed by atoms with Gasteiger partial charge in [-0.3, -0.25) is 19.0 Å². The average Bonchev–Trinajstić information content (AvgIpc) is 2.74. The zero-order chi connectivity index (χ0) is 23.4. The van der Waals surface area contributed by atoms with E-state index in [2.05, 4.69) is 6.58 Å². The molecule has 0 radical (unpaired) electrons. The molecule has 0 aliphatic rings. The van der Waals surface area contributed by atoms with Gasteiger partial charge >= 0.3 is 5.97 Å². The summed E-state index contributed by atoms with van der Waals surface area (Å²) < 4.78 is 20.6. The van der Waals surface area contributed by atoms with E-state index in [0.717, 1.165) is 6.08 Å². The van der Waals surface area contributed by atoms with E-state index < -0.39 is 30.1 Å². The van der Waals surface area contributed by atoms with Crippen molar-refractivity contribution in [3.63, 3.8) is 0 Å². The fourth-order valence-corrected chi connectivity index (χ4v) is 3.54. The maximum Gasteiger partial charge on any atom is 0.315 e. The number of pyridine rings is 1. The molecule has 166 valence electrons. The number of ketones is 1. The summed E-state index contributed by atoms with van der Waals surface area (Å²) in [5.74, 6) is -1.63. The highest BCUT2D eigenvalue weighted by Gasteiger charge is 2.24. The number of aliphatic hydroxyl groups excluding tert-OH is 1. The Morgan fingerprint density at radius 1 is 1.09 bits per heavy atom. The van der Waals surface area contributed by atoms with Gasteiger partial charge in [0, 0.05) is 23.2 Å². The largest absolute Gasteiger partial charge is 0.408 e. The molecular weight excluding hydrogens is 413 g/mol. The lowest BCUT2D eigenvalue weighted by Crippen LogP contribution is -2.28. The number of ether oxygens (including phenoxy) is 1. The third-order valence-electron chi connectivity index (χ3n) is 5.00. The summed E-state index contributed by atoms with van der Waals surface area (Å²) in [6.07, 6.45) is -0.886. The SMILES string of the molecule is C=CC(=O)CC(O)CC(=O)Oc1c(-c2ccc(F)cc2)c2ccccc2c(=O)n1C(C)C. The number of carbonyl (C=O) groups is 2. The summed E-state index contributed by atoms with van der Waals surface area (Å²) in [6, 6.07) is 12.2. The first-order valence-corrected chi connectivity index (χ1v) is 10.2. The molecule has 0 aliphatic carbocycles. The van der Waals surface area contributed by atoms with E-state index in [1.165, 1.54) is 16.7 Å². The number of carbonyl (C=O) groups excluding carboxylic acids is 2.